The standard InChI is InChI=1S/C16H14N2OS/c1-10-5-6-11-8-15(20-14(11)7-10)16(19)18-13-4-2-3-12(17)9-13/h2-9H,17H2,1H3,(H,18,19). The summed E-state index contributed by atoms with van der Waals surface area (Å²) in [6.07, 6.45) is 0. The molecule has 100 valence electrons. The van der Waals surface area contributed by atoms with E-state index in [-0.39, 0.29) is 5.91 Å². The van der Waals surface area contributed by atoms with Gasteiger partial charge in [0.25, 0.3) is 5.91 Å². The Hall–Kier alpha value is -2.33. The van der Waals surface area contributed by atoms with Crippen LogP contribution in [0.2, 0.25) is 0 Å². The summed E-state index contributed by atoms with van der Waals surface area (Å²) in [5.41, 5.74) is 8.24. The molecule has 3 aromatic rings. The number of fused-ring (bicyclic) bond motifs is 1. The van der Waals surface area contributed by atoms with E-state index in [4.69, 9.17) is 5.73 Å². The van der Waals surface area contributed by atoms with Gasteiger partial charge in [0, 0.05) is 16.1 Å². The summed E-state index contributed by atoms with van der Waals surface area (Å²) in [6, 6.07) is 15.3. The second kappa shape index (κ2) is 4.98. The molecule has 0 atom stereocenters. The molecule has 0 unspecified atom stereocenters. The highest BCUT2D eigenvalue weighted by molar-refractivity contribution is 7.20. The Labute approximate surface area is 121 Å². The van der Waals surface area contributed by atoms with Gasteiger partial charge in [-0.15, -0.1) is 11.3 Å². The van der Waals surface area contributed by atoms with Crippen LogP contribution in [0.4, 0.5) is 11.4 Å². The molecular formula is C16H14N2OS. The quantitative estimate of drug-likeness (QED) is 0.697. The van der Waals surface area contributed by atoms with Gasteiger partial charge in [-0.1, -0.05) is 18.2 Å². The van der Waals surface area contributed by atoms with Gasteiger partial charge in [0.1, 0.15) is 0 Å². The molecule has 0 saturated carbocycles. The lowest BCUT2D eigenvalue weighted by molar-refractivity contribution is 0.103. The van der Waals surface area contributed by atoms with Crippen LogP contribution in [0.3, 0.4) is 0 Å². The molecule has 0 saturated heterocycles. The summed E-state index contributed by atoms with van der Waals surface area (Å²) in [6.45, 7) is 2.05. The Balaban J connectivity index is 1.88. The first-order valence-corrected chi connectivity index (χ1v) is 7.10. The van der Waals surface area contributed by atoms with E-state index >= 15 is 0 Å². The van der Waals surface area contributed by atoms with Crippen molar-refractivity contribution in [3.8, 4) is 0 Å². The second-order valence-corrected chi connectivity index (χ2v) is 5.82. The van der Waals surface area contributed by atoms with Crippen LogP contribution in [-0.4, -0.2) is 5.91 Å². The van der Waals surface area contributed by atoms with Crippen LogP contribution in [-0.2, 0) is 0 Å². The van der Waals surface area contributed by atoms with Gasteiger partial charge in [0.05, 0.1) is 4.88 Å². The topological polar surface area (TPSA) is 55.1 Å². The van der Waals surface area contributed by atoms with Crippen molar-refractivity contribution >= 4 is 38.7 Å². The van der Waals surface area contributed by atoms with Crippen LogP contribution in [0, 0.1) is 6.92 Å². The number of carbonyl (C=O) groups is 1. The average molecular weight is 282 g/mol. The highest BCUT2D eigenvalue weighted by Gasteiger charge is 2.10. The van der Waals surface area contributed by atoms with Gasteiger partial charge < -0.3 is 11.1 Å². The molecule has 1 aromatic heterocycles. The number of carbonyl (C=O) groups excluding carboxylic acids is 1. The monoisotopic (exact) mass is 282 g/mol. The Bertz CT molecular complexity index is 792. The van der Waals surface area contributed by atoms with E-state index in [1.54, 1.807) is 12.1 Å². The number of rotatable bonds is 2. The predicted molar refractivity (Wildman–Crippen MR) is 85.4 cm³/mol. The molecule has 0 spiro atoms. The third-order valence-electron chi connectivity index (χ3n) is 3.04. The van der Waals surface area contributed by atoms with Crippen molar-refractivity contribution in [1.82, 2.24) is 0 Å². The van der Waals surface area contributed by atoms with E-state index in [9.17, 15) is 4.79 Å². The maximum atomic E-state index is 12.2. The highest BCUT2D eigenvalue weighted by atomic mass is 32.1. The van der Waals surface area contributed by atoms with Crippen LogP contribution >= 0.6 is 11.3 Å². The largest absolute Gasteiger partial charge is 0.399 e. The fourth-order valence-corrected chi connectivity index (χ4v) is 3.12. The maximum Gasteiger partial charge on any atom is 0.265 e. The number of nitrogen functional groups attached to an aromatic ring is 1. The number of benzene rings is 2. The van der Waals surface area contributed by atoms with Gasteiger partial charge in [-0.25, -0.2) is 0 Å². The third kappa shape index (κ3) is 2.51. The van der Waals surface area contributed by atoms with Crippen LogP contribution in [0.25, 0.3) is 10.1 Å². The molecule has 3 nitrogen and oxygen atoms in total. The molecule has 0 aliphatic heterocycles. The number of nitrogens with one attached hydrogen (secondary N) is 1. The molecule has 0 radical (unpaired) electrons. The van der Waals surface area contributed by atoms with Gasteiger partial charge in [-0.05, 0) is 48.2 Å². The second-order valence-electron chi connectivity index (χ2n) is 4.73. The minimum atomic E-state index is -0.102. The summed E-state index contributed by atoms with van der Waals surface area (Å²) in [4.78, 5) is 12.9. The number of hydrogen-bond acceptors (Lipinski definition) is 3. The molecule has 1 amide bonds. The van der Waals surface area contributed by atoms with Crippen molar-refractivity contribution in [3.63, 3.8) is 0 Å². The first-order valence-electron chi connectivity index (χ1n) is 6.29. The van der Waals surface area contributed by atoms with E-state index < -0.39 is 0 Å². The van der Waals surface area contributed by atoms with E-state index in [1.807, 2.05) is 31.2 Å². The van der Waals surface area contributed by atoms with E-state index in [2.05, 4.69) is 17.4 Å². The first kappa shape index (κ1) is 12.7. The number of thiophene rings is 1. The van der Waals surface area contributed by atoms with E-state index in [0.717, 1.165) is 10.1 Å². The first-order chi connectivity index (χ1) is 9.61. The predicted octanol–water partition coefficient (Wildman–Crippen LogP) is 4.04. The summed E-state index contributed by atoms with van der Waals surface area (Å²) < 4.78 is 1.13. The Morgan fingerprint density at radius 3 is 2.80 bits per heavy atom. The highest BCUT2D eigenvalue weighted by Crippen LogP contribution is 2.27. The van der Waals surface area contributed by atoms with Gasteiger partial charge in [0.15, 0.2) is 0 Å². The lowest BCUT2D eigenvalue weighted by atomic mass is 10.2. The van der Waals surface area contributed by atoms with Crippen LogP contribution in [0.1, 0.15) is 15.2 Å². The molecule has 0 aliphatic carbocycles. The summed E-state index contributed by atoms with van der Waals surface area (Å²) in [7, 11) is 0. The van der Waals surface area contributed by atoms with Crippen LogP contribution in [0.15, 0.2) is 48.5 Å². The van der Waals surface area contributed by atoms with Gasteiger partial charge >= 0.3 is 0 Å². The average Bonchev–Trinajstić information content (AvgIpc) is 2.81. The van der Waals surface area contributed by atoms with Crippen LogP contribution < -0.4 is 11.1 Å². The lowest BCUT2D eigenvalue weighted by Gasteiger charge is -2.03. The van der Waals surface area contributed by atoms with Crippen molar-refractivity contribution in [3.05, 3.63) is 59.0 Å². The fourth-order valence-electron chi connectivity index (χ4n) is 2.06. The van der Waals surface area contributed by atoms with Crippen molar-refractivity contribution in [2.24, 2.45) is 0 Å². The molecule has 0 fully saturated rings. The number of amides is 1. The van der Waals surface area contributed by atoms with Crippen molar-refractivity contribution < 1.29 is 4.79 Å². The Morgan fingerprint density at radius 2 is 2.00 bits per heavy atom. The third-order valence-corrected chi connectivity index (χ3v) is 4.14. The zero-order chi connectivity index (χ0) is 14.1. The molecule has 3 N–H and O–H groups in total. The molecule has 1 heterocycles. The van der Waals surface area contributed by atoms with E-state index in [0.29, 0.717) is 16.3 Å². The molecular weight excluding hydrogens is 268 g/mol. The Kier molecular flexibility index (Phi) is 3.16. The van der Waals surface area contributed by atoms with Gasteiger partial charge in [-0.3, -0.25) is 4.79 Å². The fraction of sp³-hybridized carbons (Fsp3) is 0.0625. The minimum absolute atomic E-state index is 0.102. The SMILES string of the molecule is Cc1ccc2cc(C(=O)Nc3cccc(N)c3)sc2c1. The van der Waals surface area contributed by atoms with Gasteiger partial charge in [-0.2, -0.15) is 0 Å². The lowest BCUT2D eigenvalue weighted by Crippen LogP contribution is -2.10. The van der Waals surface area contributed by atoms with E-state index in [1.165, 1.54) is 16.9 Å². The number of nitrogens with two attached hydrogens (primary N) is 1. The molecule has 3 rings (SSSR count). The zero-order valence-electron chi connectivity index (χ0n) is 11.0. The van der Waals surface area contributed by atoms with Crippen molar-refractivity contribution in [1.29, 1.82) is 0 Å². The zero-order valence-corrected chi connectivity index (χ0v) is 11.8. The van der Waals surface area contributed by atoms with Crippen molar-refractivity contribution in [2.75, 3.05) is 11.1 Å². The summed E-state index contributed by atoms with van der Waals surface area (Å²) in [5, 5.41) is 3.96. The maximum absolute atomic E-state index is 12.2. The molecule has 0 bridgehead atoms. The molecule has 0 aliphatic rings. The number of aryl methyl sites for hydroxylation is 1. The summed E-state index contributed by atoms with van der Waals surface area (Å²) >= 11 is 1.50. The molecule has 4 heteroatoms. The Morgan fingerprint density at radius 1 is 1.15 bits per heavy atom. The number of anilines is 2. The molecule has 20 heavy (non-hydrogen) atoms. The molecule has 2 aromatic carbocycles. The smallest absolute Gasteiger partial charge is 0.265 e. The number of hydrogen-bond donors (Lipinski definition) is 2. The minimum Gasteiger partial charge on any atom is -0.399 e. The summed E-state index contributed by atoms with van der Waals surface area (Å²) in [5.74, 6) is -0.102. The van der Waals surface area contributed by atoms with Gasteiger partial charge in [0.2, 0.25) is 0 Å². The van der Waals surface area contributed by atoms with Crippen LogP contribution in [0.5, 0.6) is 0 Å². The van der Waals surface area contributed by atoms with Crippen molar-refractivity contribution in [2.45, 2.75) is 6.92 Å². The normalized spacial score (nSPS) is 10.7.